The smallest absolute Gasteiger partial charge is 0.227 e. The molecule has 2 heterocycles. The molecule has 2 aromatic carbocycles. The summed E-state index contributed by atoms with van der Waals surface area (Å²) in [5.74, 6) is 1.74. The average Bonchev–Trinajstić information content (AvgIpc) is 2.81. The van der Waals surface area contributed by atoms with Crippen LogP contribution in [0.4, 0.5) is 21.8 Å². The van der Waals surface area contributed by atoms with Crippen molar-refractivity contribution in [3.63, 3.8) is 0 Å². The van der Waals surface area contributed by atoms with E-state index in [1.54, 1.807) is 25.4 Å². The van der Waals surface area contributed by atoms with Crippen molar-refractivity contribution < 1.29 is 13.9 Å². The van der Waals surface area contributed by atoms with Gasteiger partial charge in [0.25, 0.3) is 0 Å². The molecule has 1 saturated heterocycles. The Kier molecular flexibility index (Phi) is 6.79. The first kappa shape index (κ1) is 21.5. The molecule has 1 amide bonds. The third kappa shape index (κ3) is 5.51. The van der Waals surface area contributed by atoms with Gasteiger partial charge in [0, 0.05) is 25.3 Å². The minimum atomic E-state index is -0.300. The fourth-order valence-electron chi connectivity index (χ4n) is 3.75. The lowest BCUT2D eigenvalue weighted by Crippen LogP contribution is -2.45. The topological polar surface area (TPSA) is 79.4 Å². The molecular formula is C24H26FN5O2. The van der Waals surface area contributed by atoms with Crippen molar-refractivity contribution in [2.24, 2.45) is 0 Å². The highest BCUT2D eigenvalue weighted by Gasteiger charge is 2.22. The van der Waals surface area contributed by atoms with E-state index in [1.165, 1.54) is 12.1 Å². The molecule has 1 aliphatic rings. The lowest BCUT2D eigenvalue weighted by Gasteiger charge is -2.32. The number of hydrogen-bond donors (Lipinski definition) is 2. The number of nitrogens with zero attached hydrogens (tertiary/aromatic N) is 3. The summed E-state index contributed by atoms with van der Waals surface area (Å²) in [5, 5.41) is 6.37. The van der Waals surface area contributed by atoms with E-state index in [1.807, 2.05) is 30.3 Å². The van der Waals surface area contributed by atoms with Crippen LogP contribution < -0.4 is 20.3 Å². The molecule has 0 radical (unpaired) electrons. The van der Waals surface area contributed by atoms with Crippen molar-refractivity contribution in [3.8, 4) is 5.75 Å². The molecule has 0 aliphatic carbocycles. The van der Waals surface area contributed by atoms with Crippen LogP contribution in [0, 0.1) is 5.82 Å². The van der Waals surface area contributed by atoms with Gasteiger partial charge in [-0.3, -0.25) is 4.79 Å². The van der Waals surface area contributed by atoms with E-state index >= 15 is 0 Å². The van der Waals surface area contributed by atoms with Gasteiger partial charge in [0.15, 0.2) is 0 Å². The molecule has 0 saturated carbocycles. The Morgan fingerprint density at radius 3 is 2.62 bits per heavy atom. The number of amides is 1. The quantitative estimate of drug-likeness (QED) is 0.589. The van der Waals surface area contributed by atoms with Gasteiger partial charge in [0.05, 0.1) is 19.2 Å². The summed E-state index contributed by atoms with van der Waals surface area (Å²) < 4.78 is 18.4. The van der Waals surface area contributed by atoms with Gasteiger partial charge in [-0.05, 0) is 48.7 Å². The number of halogens is 1. The molecule has 0 unspecified atom stereocenters. The zero-order valence-electron chi connectivity index (χ0n) is 17.9. The molecule has 2 N–H and O–H groups in total. The van der Waals surface area contributed by atoms with Crippen LogP contribution in [0.2, 0.25) is 0 Å². The zero-order valence-corrected chi connectivity index (χ0v) is 17.9. The van der Waals surface area contributed by atoms with E-state index in [-0.39, 0.29) is 24.2 Å². The van der Waals surface area contributed by atoms with E-state index in [2.05, 4.69) is 25.5 Å². The maximum absolute atomic E-state index is 13.0. The second kappa shape index (κ2) is 10.1. The summed E-state index contributed by atoms with van der Waals surface area (Å²) in [6, 6.07) is 15.6. The molecule has 0 spiro atoms. The van der Waals surface area contributed by atoms with Crippen molar-refractivity contribution in [1.29, 1.82) is 0 Å². The number of anilines is 3. The highest BCUT2D eigenvalue weighted by atomic mass is 19.1. The predicted molar refractivity (Wildman–Crippen MR) is 122 cm³/mol. The van der Waals surface area contributed by atoms with Gasteiger partial charge in [-0.2, -0.15) is 4.98 Å². The molecule has 1 fully saturated rings. The Balaban J connectivity index is 1.30. The molecule has 3 aromatic rings. The van der Waals surface area contributed by atoms with E-state index < -0.39 is 0 Å². The summed E-state index contributed by atoms with van der Waals surface area (Å²) in [7, 11) is 1.63. The molecule has 1 aromatic heterocycles. The molecule has 32 heavy (non-hydrogen) atoms. The van der Waals surface area contributed by atoms with Crippen LogP contribution in [-0.4, -0.2) is 42.1 Å². The second-order valence-electron chi connectivity index (χ2n) is 7.70. The van der Waals surface area contributed by atoms with Crippen LogP contribution >= 0.6 is 0 Å². The van der Waals surface area contributed by atoms with E-state index in [9.17, 15) is 9.18 Å². The summed E-state index contributed by atoms with van der Waals surface area (Å²) in [5.41, 5.74) is 1.64. The number of carbonyl (C=O) groups excluding carboxylic acids is 1. The Hall–Kier alpha value is -3.68. The van der Waals surface area contributed by atoms with Gasteiger partial charge in [0.1, 0.15) is 17.4 Å². The SMILES string of the molecule is COc1ccccc1Nc1ccnc(N2CCC(NC(=O)Cc3ccc(F)cc3)CC2)n1. The lowest BCUT2D eigenvalue weighted by molar-refractivity contribution is -0.121. The number of benzene rings is 2. The monoisotopic (exact) mass is 435 g/mol. The van der Waals surface area contributed by atoms with Gasteiger partial charge in [-0.15, -0.1) is 0 Å². The van der Waals surface area contributed by atoms with Gasteiger partial charge in [-0.1, -0.05) is 24.3 Å². The number of carbonyl (C=O) groups is 1. The molecule has 8 heteroatoms. The molecule has 7 nitrogen and oxygen atoms in total. The maximum Gasteiger partial charge on any atom is 0.227 e. The number of aromatic nitrogens is 2. The fraction of sp³-hybridized carbons (Fsp3) is 0.292. The minimum absolute atomic E-state index is 0.0469. The van der Waals surface area contributed by atoms with Crippen molar-refractivity contribution >= 4 is 23.4 Å². The van der Waals surface area contributed by atoms with Gasteiger partial charge < -0.3 is 20.3 Å². The molecule has 4 rings (SSSR count). The van der Waals surface area contributed by atoms with Crippen molar-refractivity contribution in [2.75, 3.05) is 30.4 Å². The molecule has 1 aliphatic heterocycles. The van der Waals surface area contributed by atoms with Crippen LogP contribution in [-0.2, 0) is 11.2 Å². The normalized spacial score (nSPS) is 14.1. The fourth-order valence-corrected chi connectivity index (χ4v) is 3.75. The van der Waals surface area contributed by atoms with Gasteiger partial charge in [0.2, 0.25) is 11.9 Å². The Morgan fingerprint density at radius 2 is 1.88 bits per heavy atom. The summed E-state index contributed by atoms with van der Waals surface area (Å²) in [6.07, 6.45) is 3.60. The number of hydrogen-bond acceptors (Lipinski definition) is 6. The second-order valence-corrected chi connectivity index (χ2v) is 7.70. The first-order valence-corrected chi connectivity index (χ1v) is 10.6. The number of ether oxygens (including phenoxy) is 1. The summed E-state index contributed by atoms with van der Waals surface area (Å²) in [4.78, 5) is 23.5. The van der Waals surface area contributed by atoms with E-state index in [0.717, 1.165) is 42.9 Å². The number of piperidine rings is 1. The Bertz CT molecular complexity index is 1050. The maximum atomic E-state index is 13.0. The highest BCUT2D eigenvalue weighted by Crippen LogP contribution is 2.27. The molecular weight excluding hydrogens is 409 g/mol. The van der Waals surface area contributed by atoms with Crippen molar-refractivity contribution in [2.45, 2.75) is 25.3 Å². The zero-order chi connectivity index (χ0) is 22.3. The summed E-state index contributed by atoms with van der Waals surface area (Å²) >= 11 is 0. The van der Waals surface area contributed by atoms with Crippen molar-refractivity contribution in [1.82, 2.24) is 15.3 Å². The molecule has 166 valence electrons. The van der Waals surface area contributed by atoms with E-state index in [4.69, 9.17) is 4.74 Å². The first-order valence-electron chi connectivity index (χ1n) is 10.6. The Morgan fingerprint density at radius 1 is 1.12 bits per heavy atom. The van der Waals surface area contributed by atoms with Crippen molar-refractivity contribution in [3.05, 3.63) is 72.2 Å². The minimum Gasteiger partial charge on any atom is -0.495 e. The van der Waals surface area contributed by atoms with Crippen LogP contribution in [0.25, 0.3) is 0 Å². The standard InChI is InChI=1S/C24H26FN5O2/c1-32-21-5-3-2-4-20(21)28-22-10-13-26-24(29-22)30-14-11-19(12-15-30)27-23(31)16-17-6-8-18(25)9-7-17/h2-10,13,19H,11-12,14-16H2,1H3,(H,27,31)(H,26,28,29). The third-order valence-electron chi connectivity index (χ3n) is 5.43. The highest BCUT2D eigenvalue weighted by molar-refractivity contribution is 5.78. The first-order chi connectivity index (χ1) is 15.6. The average molecular weight is 436 g/mol. The molecule has 0 atom stereocenters. The number of nitrogens with one attached hydrogen (secondary N) is 2. The largest absolute Gasteiger partial charge is 0.495 e. The Labute approximate surface area is 186 Å². The predicted octanol–water partition coefficient (Wildman–Crippen LogP) is 3.70. The molecule has 0 bridgehead atoms. The summed E-state index contributed by atoms with van der Waals surface area (Å²) in [6.45, 7) is 1.50. The number of para-hydroxylation sites is 2. The van der Waals surface area contributed by atoms with E-state index in [0.29, 0.717) is 11.8 Å². The van der Waals surface area contributed by atoms with Gasteiger partial charge >= 0.3 is 0 Å². The van der Waals surface area contributed by atoms with Crippen LogP contribution in [0.1, 0.15) is 18.4 Å². The third-order valence-corrected chi connectivity index (χ3v) is 5.43. The van der Waals surface area contributed by atoms with Crippen LogP contribution in [0.3, 0.4) is 0 Å². The number of rotatable bonds is 7. The van der Waals surface area contributed by atoms with Crippen LogP contribution in [0.5, 0.6) is 5.75 Å². The van der Waals surface area contributed by atoms with Gasteiger partial charge in [-0.25, -0.2) is 9.37 Å². The number of methoxy groups -OCH3 is 1. The lowest BCUT2D eigenvalue weighted by atomic mass is 10.0. The van der Waals surface area contributed by atoms with Crippen LogP contribution in [0.15, 0.2) is 60.8 Å².